The van der Waals surface area contributed by atoms with Gasteiger partial charge in [0.1, 0.15) is 5.69 Å². The lowest BCUT2D eigenvalue weighted by Crippen LogP contribution is -1.90. The maximum atomic E-state index is 4.79. The van der Waals surface area contributed by atoms with E-state index in [0.29, 0.717) is 0 Å². The van der Waals surface area contributed by atoms with Crippen LogP contribution in [0.2, 0.25) is 0 Å². The minimum atomic E-state index is 0.855. The summed E-state index contributed by atoms with van der Waals surface area (Å²) in [4.78, 5) is 9.21. The molecule has 0 atom stereocenters. The third-order valence-corrected chi connectivity index (χ3v) is 3.70. The lowest BCUT2D eigenvalue weighted by atomic mass is 10.2. The van der Waals surface area contributed by atoms with Crippen LogP contribution < -0.4 is 0 Å². The fraction of sp³-hybridized carbons (Fsp3) is 0. The summed E-state index contributed by atoms with van der Waals surface area (Å²) in [7, 11) is 0. The van der Waals surface area contributed by atoms with Crippen LogP contribution in [-0.2, 0) is 0 Å². The van der Waals surface area contributed by atoms with Gasteiger partial charge in [-0.15, -0.1) is 0 Å². The van der Waals surface area contributed by atoms with Crippen molar-refractivity contribution in [2.24, 2.45) is 0 Å². The predicted octanol–water partition coefficient (Wildman–Crippen LogP) is 4.57. The fourth-order valence-corrected chi connectivity index (χ4v) is 2.60. The second kappa shape index (κ2) is 5.89. The van der Waals surface area contributed by atoms with Crippen molar-refractivity contribution in [2.75, 3.05) is 0 Å². The maximum Gasteiger partial charge on any atom is 0.163 e. The Hall–Kier alpha value is -3.20. The first-order valence-electron chi connectivity index (χ1n) is 7.53. The number of hydrogen-bond donors (Lipinski definition) is 0. The number of benzene rings is 1. The lowest BCUT2D eigenvalue weighted by Gasteiger charge is -1.99. The van der Waals surface area contributed by atoms with Gasteiger partial charge in [-0.1, -0.05) is 48.5 Å². The molecule has 110 valence electrons. The summed E-state index contributed by atoms with van der Waals surface area (Å²) in [6, 6.07) is 22.2. The number of imidazole rings is 1. The van der Waals surface area contributed by atoms with Gasteiger partial charge in [-0.2, -0.15) is 0 Å². The third-order valence-electron chi connectivity index (χ3n) is 3.70. The molecule has 0 aliphatic carbocycles. The second-order valence-electron chi connectivity index (χ2n) is 5.24. The van der Waals surface area contributed by atoms with Crippen molar-refractivity contribution in [1.29, 1.82) is 0 Å². The molecule has 3 aromatic heterocycles. The normalized spacial score (nSPS) is 11.3. The molecule has 0 aliphatic heterocycles. The number of rotatable bonds is 3. The van der Waals surface area contributed by atoms with Gasteiger partial charge in [0.15, 0.2) is 5.82 Å². The van der Waals surface area contributed by atoms with E-state index in [2.05, 4.69) is 39.7 Å². The van der Waals surface area contributed by atoms with Crippen LogP contribution in [0.4, 0.5) is 0 Å². The van der Waals surface area contributed by atoms with Gasteiger partial charge in [-0.25, -0.2) is 4.98 Å². The first kappa shape index (κ1) is 13.5. The van der Waals surface area contributed by atoms with Gasteiger partial charge in [0, 0.05) is 12.4 Å². The topological polar surface area (TPSA) is 30.2 Å². The van der Waals surface area contributed by atoms with Crippen molar-refractivity contribution in [2.45, 2.75) is 0 Å². The van der Waals surface area contributed by atoms with E-state index in [1.165, 1.54) is 0 Å². The van der Waals surface area contributed by atoms with E-state index >= 15 is 0 Å². The molecule has 0 aliphatic rings. The summed E-state index contributed by atoms with van der Waals surface area (Å²) in [6.45, 7) is 0. The van der Waals surface area contributed by atoms with Crippen LogP contribution in [0, 0.1) is 0 Å². The molecule has 0 amide bonds. The third kappa shape index (κ3) is 2.64. The van der Waals surface area contributed by atoms with E-state index < -0.39 is 0 Å². The van der Waals surface area contributed by atoms with E-state index in [1.54, 1.807) is 6.20 Å². The maximum absolute atomic E-state index is 4.79. The van der Waals surface area contributed by atoms with E-state index in [1.807, 2.05) is 54.7 Å². The van der Waals surface area contributed by atoms with Gasteiger partial charge >= 0.3 is 0 Å². The number of aromatic nitrogens is 3. The Morgan fingerprint density at radius 3 is 2.43 bits per heavy atom. The van der Waals surface area contributed by atoms with E-state index in [0.717, 1.165) is 28.3 Å². The average molecular weight is 297 g/mol. The standard InChI is InChI=1S/C20H15N3/c1-2-8-16(9-3-1)12-13-17-19-11-5-7-15-23(19)20(22-17)18-10-4-6-14-21-18/h1-15H/b13-12+. The first-order valence-corrected chi connectivity index (χ1v) is 7.53. The Kier molecular flexibility index (Phi) is 3.45. The largest absolute Gasteiger partial charge is 0.298 e. The molecule has 4 rings (SSSR count). The molecule has 3 nitrogen and oxygen atoms in total. The monoisotopic (exact) mass is 297 g/mol. The molecule has 0 N–H and O–H groups in total. The van der Waals surface area contributed by atoms with E-state index in [-0.39, 0.29) is 0 Å². The van der Waals surface area contributed by atoms with Gasteiger partial charge in [0.2, 0.25) is 0 Å². The molecule has 23 heavy (non-hydrogen) atoms. The van der Waals surface area contributed by atoms with Gasteiger partial charge in [-0.05, 0) is 35.9 Å². The zero-order valence-corrected chi connectivity index (χ0v) is 12.5. The Bertz CT molecular complexity index is 954. The lowest BCUT2D eigenvalue weighted by molar-refractivity contribution is 1.13. The number of nitrogens with zero attached hydrogens (tertiary/aromatic N) is 3. The van der Waals surface area contributed by atoms with Crippen molar-refractivity contribution in [3.63, 3.8) is 0 Å². The minimum absolute atomic E-state index is 0.855. The van der Waals surface area contributed by atoms with E-state index in [4.69, 9.17) is 4.98 Å². The second-order valence-corrected chi connectivity index (χ2v) is 5.24. The molecular weight excluding hydrogens is 282 g/mol. The fourth-order valence-electron chi connectivity index (χ4n) is 2.60. The smallest absolute Gasteiger partial charge is 0.163 e. The molecule has 0 spiro atoms. The van der Waals surface area contributed by atoms with Crippen LogP contribution in [0.1, 0.15) is 11.3 Å². The summed E-state index contributed by atoms with van der Waals surface area (Å²) in [5, 5.41) is 0. The molecule has 3 heteroatoms. The highest BCUT2D eigenvalue weighted by molar-refractivity contribution is 5.78. The summed E-state index contributed by atoms with van der Waals surface area (Å²) in [5.41, 5.74) is 4.03. The summed E-state index contributed by atoms with van der Waals surface area (Å²) >= 11 is 0. The van der Waals surface area contributed by atoms with E-state index in [9.17, 15) is 0 Å². The highest BCUT2D eigenvalue weighted by atomic mass is 15.0. The van der Waals surface area contributed by atoms with Gasteiger partial charge < -0.3 is 0 Å². The SMILES string of the molecule is C(=C\c1nc(-c2ccccn2)n2ccccc12)/c1ccccc1. The van der Waals surface area contributed by atoms with Crippen molar-refractivity contribution in [3.8, 4) is 11.5 Å². The Balaban J connectivity index is 1.83. The Labute approximate surface area is 134 Å². The van der Waals surface area contributed by atoms with Crippen LogP contribution in [-0.4, -0.2) is 14.4 Å². The molecule has 3 heterocycles. The van der Waals surface area contributed by atoms with Crippen molar-refractivity contribution >= 4 is 17.7 Å². The van der Waals surface area contributed by atoms with Gasteiger partial charge in [0.05, 0.1) is 11.2 Å². The molecule has 0 radical (unpaired) electrons. The number of hydrogen-bond acceptors (Lipinski definition) is 2. The van der Waals surface area contributed by atoms with Crippen LogP contribution in [0.25, 0.3) is 29.2 Å². The quantitative estimate of drug-likeness (QED) is 0.554. The minimum Gasteiger partial charge on any atom is -0.298 e. The molecule has 4 aromatic rings. The van der Waals surface area contributed by atoms with Crippen molar-refractivity contribution in [1.82, 2.24) is 14.4 Å². The zero-order chi connectivity index (χ0) is 15.5. The van der Waals surface area contributed by atoms with Crippen molar-refractivity contribution in [3.05, 3.63) is 90.4 Å². The van der Waals surface area contributed by atoms with Crippen LogP contribution in [0.3, 0.4) is 0 Å². The Morgan fingerprint density at radius 2 is 1.61 bits per heavy atom. The highest BCUT2D eigenvalue weighted by Gasteiger charge is 2.10. The zero-order valence-electron chi connectivity index (χ0n) is 12.5. The van der Waals surface area contributed by atoms with Gasteiger partial charge in [0.25, 0.3) is 0 Å². The molecule has 0 bridgehead atoms. The highest BCUT2D eigenvalue weighted by Crippen LogP contribution is 2.22. The van der Waals surface area contributed by atoms with Gasteiger partial charge in [-0.3, -0.25) is 9.38 Å². The predicted molar refractivity (Wildman–Crippen MR) is 93.8 cm³/mol. The molecule has 0 fully saturated rings. The van der Waals surface area contributed by atoms with Crippen LogP contribution >= 0.6 is 0 Å². The summed E-state index contributed by atoms with van der Waals surface area (Å²) < 4.78 is 2.08. The van der Waals surface area contributed by atoms with Crippen LogP contribution in [0.5, 0.6) is 0 Å². The molecule has 0 saturated carbocycles. The molecular formula is C20H15N3. The first-order chi connectivity index (χ1) is 11.4. The average Bonchev–Trinajstić information content (AvgIpc) is 3.01. The summed E-state index contributed by atoms with van der Waals surface area (Å²) in [6.07, 6.45) is 7.94. The molecule has 0 unspecified atom stereocenters. The number of fused-ring (bicyclic) bond motifs is 1. The van der Waals surface area contributed by atoms with Crippen molar-refractivity contribution < 1.29 is 0 Å². The summed E-state index contributed by atoms with van der Waals surface area (Å²) in [5.74, 6) is 0.855. The molecule has 1 aromatic carbocycles. The Morgan fingerprint density at radius 1 is 0.783 bits per heavy atom. The van der Waals surface area contributed by atoms with Crippen LogP contribution in [0.15, 0.2) is 79.1 Å². The number of pyridine rings is 2. The molecule has 0 saturated heterocycles.